The van der Waals surface area contributed by atoms with Gasteiger partial charge in [-0.15, -0.1) is 13.2 Å². The van der Waals surface area contributed by atoms with Gasteiger partial charge < -0.3 is 9.47 Å². The number of hydrogen-bond acceptors (Lipinski definition) is 8. The van der Waals surface area contributed by atoms with E-state index >= 15 is 0 Å². The fraction of sp³-hybridized carbons (Fsp3) is 0.323. The third kappa shape index (κ3) is 16.0. The molecular formula is C31H41ClO8S2. The van der Waals surface area contributed by atoms with E-state index in [0.717, 1.165) is 36.2 Å². The number of carbonyl (C=O) groups excluding carboxylic acids is 1. The molecule has 3 aromatic carbocycles. The molecule has 0 aromatic heterocycles. The highest BCUT2D eigenvalue weighted by molar-refractivity contribution is 8.13. The van der Waals surface area contributed by atoms with Crippen LogP contribution in [0, 0.1) is 13.8 Å². The second-order valence-electron chi connectivity index (χ2n) is 8.39. The predicted molar refractivity (Wildman–Crippen MR) is 168 cm³/mol. The standard InChI is InChI=1S/C16H16O4S.C7H7ClO2S.C6H14O2.C2H4/c1-13-6-8-16(9-7-13)21(18,19)20-11-10-14-4-2-3-5-15(14)12-17;1-6-2-4-7(5-3-6)11(8,9)10;1-4-7-6(3)8-5-2;1-2/h2-9,12H,10-11H2,1H3;2-5H,1H3;6H,4-5H2,1-3H3;1-2H2. The van der Waals surface area contributed by atoms with E-state index in [2.05, 4.69) is 13.2 Å². The highest BCUT2D eigenvalue weighted by Crippen LogP contribution is 2.15. The van der Waals surface area contributed by atoms with Crippen LogP contribution in [0.3, 0.4) is 0 Å². The van der Waals surface area contributed by atoms with Crippen LogP contribution in [-0.2, 0) is 39.2 Å². The molecule has 3 aromatic rings. The van der Waals surface area contributed by atoms with Crippen molar-refractivity contribution in [3.8, 4) is 0 Å². The van der Waals surface area contributed by atoms with E-state index in [4.69, 9.17) is 24.3 Å². The Morgan fingerprint density at radius 2 is 1.24 bits per heavy atom. The predicted octanol–water partition coefficient (Wildman–Crippen LogP) is 6.89. The van der Waals surface area contributed by atoms with Crippen molar-refractivity contribution in [2.45, 2.75) is 57.1 Å². The SMILES string of the molecule is C=C.CCOC(C)OCC.Cc1ccc(S(=O)(=O)Cl)cc1.Cc1ccc(S(=O)(=O)OCCc2ccccc2C=O)cc1. The van der Waals surface area contributed by atoms with Crippen LogP contribution >= 0.6 is 10.7 Å². The summed E-state index contributed by atoms with van der Waals surface area (Å²) >= 11 is 0. The summed E-state index contributed by atoms with van der Waals surface area (Å²) in [5.74, 6) is 0. The molecule has 42 heavy (non-hydrogen) atoms. The summed E-state index contributed by atoms with van der Waals surface area (Å²) in [4.78, 5) is 11.2. The van der Waals surface area contributed by atoms with Gasteiger partial charge in [-0.3, -0.25) is 8.98 Å². The van der Waals surface area contributed by atoms with Crippen molar-refractivity contribution < 1.29 is 35.3 Å². The summed E-state index contributed by atoms with van der Waals surface area (Å²) in [6.45, 7) is 17.0. The minimum absolute atomic E-state index is 0.00105. The topological polar surface area (TPSA) is 113 Å². The molecule has 3 rings (SSSR count). The first kappa shape index (κ1) is 39.1. The first-order valence-electron chi connectivity index (χ1n) is 13.1. The highest BCUT2D eigenvalue weighted by atomic mass is 35.7. The van der Waals surface area contributed by atoms with E-state index in [1.165, 1.54) is 24.3 Å². The van der Waals surface area contributed by atoms with Gasteiger partial charge in [0.25, 0.3) is 19.2 Å². The monoisotopic (exact) mass is 640 g/mol. The second kappa shape index (κ2) is 20.9. The number of aryl methyl sites for hydroxylation is 2. The zero-order chi connectivity index (χ0) is 32.2. The molecule has 0 bridgehead atoms. The molecule has 0 radical (unpaired) electrons. The molecule has 0 heterocycles. The number of halogens is 1. The fourth-order valence-corrected chi connectivity index (χ4v) is 4.81. The Morgan fingerprint density at radius 3 is 1.67 bits per heavy atom. The third-order valence-electron chi connectivity index (χ3n) is 5.21. The van der Waals surface area contributed by atoms with Gasteiger partial charge in [0, 0.05) is 29.5 Å². The zero-order valence-electron chi connectivity index (χ0n) is 24.8. The maximum atomic E-state index is 12.0. The average Bonchev–Trinajstić information content (AvgIpc) is 2.95. The van der Waals surface area contributed by atoms with Crippen LogP contribution in [-0.4, -0.2) is 49.2 Å². The number of rotatable bonds is 11. The second-order valence-corrected chi connectivity index (χ2v) is 12.6. The van der Waals surface area contributed by atoms with E-state index in [-0.39, 0.29) is 22.7 Å². The van der Waals surface area contributed by atoms with Crippen LogP contribution < -0.4 is 0 Å². The van der Waals surface area contributed by atoms with Gasteiger partial charge in [0.1, 0.15) is 6.29 Å². The lowest BCUT2D eigenvalue weighted by atomic mass is 10.1. The van der Waals surface area contributed by atoms with Crippen LogP contribution in [0.5, 0.6) is 0 Å². The molecular weight excluding hydrogens is 600 g/mol. The molecule has 0 spiro atoms. The van der Waals surface area contributed by atoms with Gasteiger partial charge in [0.15, 0.2) is 6.29 Å². The number of benzene rings is 3. The Bertz CT molecular complexity index is 1380. The van der Waals surface area contributed by atoms with Crippen molar-refractivity contribution in [3.05, 3.63) is 108 Å². The van der Waals surface area contributed by atoms with E-state index < -0.39 is 19.2 Å². The van der Waals surface area contributed by atoms with Gasteiger partial charge in [-0.2, -0.15) is 8.42 Å². The third-order valence-corrected chi connectivity index (χ3v) is 7.90. The number of ether oxygens (including phenoxy) is 2. The lowest BCUT2D eigenvalue weighted by Crippen LogP contribution is -2.11. The largest absolute Gasteiger partial charge is 0.353 e. The summed E-state index contributed by atoms with van der Waals surface area (Å²) in [7, 11) is -2.22. The van der Waals surface area contributed by atoms with E-state index in [1.54, 1.807) is 48.5 Å². The maximum Gasteiger partial charge on any atom is 0.296 e. The smallest absolute Gasteiger partial charge is 0.296 e. The summed E-state index contributed by atoms with van der Waals surface area (Å²) < 4.78 is 60.5. The maximum absolute atomic E-state index is 12.0. The lowest BCUT2D eigenvalue weighted by molar-refractivity contribution is -0.123. The summed E-state index contributed by atoms with van der Waals surface area (Å²) in [5, 5.41) is 0. The number of hydrogen-bond donors (Lipinski definition) is 0. The van der Waals surface area contributed by atoms with Crippen LogP contribution in [0.4, 0.5) is 0 Å². The molecule has 0 saturated heterocycles. The van der Waals surface area contributed by atoms with Gasteiger partial charge >= 0.3 is 0 Å². The van der Waals surface area contributed by atoms with Crippen molar-refractivity contribution in [1.29, 1.82) is 0 Å². The molecule has 8 nitrogen and oxygen atoms in total. The minimum Gasteiger partial charge on any atom is -0.353 e. The highest BCUT2D eigenvalue weighted by Gasteiger charge is 2.15. The molecule has 11 heteroatoms. The van der Waals surface area contributed by atoms with Crippen LogP contribution in [0.2, 0.25) is 0 Å². The molecule has 0 aliphatic rings. The van der Waals surface area contributed by atoms with Crippen molar-refractivity contribution >= 4 is 36.1 Å². The molecule has 0 N–H and O–H groups in total. The van der Waals surface area contributed by atoms with Crippen LogP contribution in [0.15, 0.2) is 95.7 Å². The van der Waals surface area contributed by atoms with Crippen LogP contribution in [0.1, 0.15) is 47.8 Å². The molecule has 232 valence electrons. The number of aldehydes is 1. The molecule has 0 fully saturated rings. The molecule has 0 saturated carbocycles. The van der Waals surface area contributed by atoms with Crippen molar-refractivity contribution in [2.75, 3.05) is 19.8 Å². The Balaban J connectivity index is 0.000000670. The zero-order valence-corrected chi connectivity index (χ0v) is 27.2. The number of carbonyl (C=O) groups is 1. The van der Waals surface area contributed by atoms with Gasteiger partial charge in [-0.05, 0) is 70.9 Å². The Labute approximate surface area is 255 Å². The molecule has 0 atom stereocenters. The summed E-state index contributed by atoms with van der Waals surface area (Å²) in [6, 6.07) is 19.9. The Hall–Kier alpha value is -2.86. The fourth-order valence-electron chi connectivity index (χ4n) is 3.13. The first-order valence-corrected chi connectivity index (χ1v) is 16.8. The van der Waals surface area contributed by atoms with Gasteiger partial charge in [-0.1, -0.05) is 59.7 Å². The van der Waals surface area contributed by atoms with Crippen LogP contribution in [0.25, 0.3) is 0 Å². The Kier molecular flexibility index (Phi) is 19.5. The van der Waals surface area contributed by atoms with Gasteiger partial charge in [-0.25, -0.2) is 8.42 Å². The van der Waals surface area contributed by atoms with Gasteiger partial charge in [0.2, 0.25) is 0 Å². The summed E-state index contributed by atoms with van der Waals surface area (Å²) in [5.41, 5.74) is 3.31. The van der Waals surface area contributed by atoms with Crippen molar-refractivity contribution in [3.63, 3.8) is 0 Å². The summed E-state index contributed by atoms with van der Waals surface area (Å²) in [6.07, 6.45) is 1.08. The lowest BCUT2D eigenvalue weighted by Gasteiger charge is -2.09. The Morgan fingerprint density at radius 1 is 0.786 bits per heavy atom. The average molecular weight is 641 g/mol. The van der Waals surface area contributed by atoms with Crippen molar-refractivity contribution in [2.24, 2.45) is 0 Å². The van der Waals surface area contributed by atoms with Gasteiger partial charge in [0.05, 0.1) is 16.4 Å². The van der Waals surface area contributed by atoms with E-state index in [0.29, 0.717) is 12.0 Å². The molecule has 0 aliphatic carbocycles. The molecule has 0 aliphatic heterocycles. The van der Waals surface area contributed by atoms with E-state index in [9.17, 15) is 21.6 Å². The molecule has 0 amide bonds. The molecule has 0 unspecified atom stereocenters. The first-order chi connectivity index (χ1) is 19.8. The normalized spacial score (nSPS) is 10.7. The van der Waals surface area contributed by atoms with Crippen molar-refractivity contribution in [1.82, 2.24) is 0 Å². The quantitative estimate of drug-likeness (QED) is 0.0732. The van der Waals surface area contributed by atoms with E-state index in [1.807, 2.05) is 34.6 Å². The minimum atomic E-state index is -3.76.